The molecule has 0 aliphatic carbocycles. The van der Waals surface area contributed by atoms with E-state index in [0.717, 1.165) is 5.56 Å². The molecule has 0 amide bonds. The maximum atomic E-state index is 11.5. The number of methoxy groups -OCH3 is 1. The van der Waals surface area contributed by atoms with E-state index in [-0.39, 0.29) is 11.7 Å². The number of carbonyl (C=O) groups is 1. The average Bonchev–Trinajstić information content (AvgIpc) is 2.46. The average molecular weight is 286 g/mol. The second kappa shape index (κ2) is 6.31. The molecule has 0 radical (unpaired) electrons. The van der Waals surface area contributed by atoms with E-state index >= 15 is 0 Å². The molecule has 4 heteroatoms. The minimum Gasteiger partial charge on any atom is -0.497 e. The standard InChI is InChI=1S/C17H18O4/c1-11(2)21-16-7-5-4-6-14(16)13-9-8-12(20-3)10-15(13)17(18)19/h4-11H,1-3H3,(H,18,19). The molecule has 21 heavy (non-hydrogen) atoms. The zero-order valence-electron chi connectivity index (χ0n) is 12.3. The summed E-state index contributed by atoms with van der Waals surface area (Å²) < 4.78 is 10.9. The van der Waals surface area contributed by atoms with Crippen molar-refractivity contribution in [2.75, 3.05) is 7.11 Å². The van der Waals surface area contributed by atoms with Gasteiger partial charge < -0.3 is 14.6 Å². The SMILES string of the molecule is COc1ccc(-c2ccccc2OC(C)C)c(C(=O)O)c1. The summed E-state index contributed by atoms with van der Waals surface area (Å²) in [5.41, 5.74) is 1.56. The van der Waals surface area contributed by atoms with Gasteiger partial charge in [0.05, 0.1) is 18.8 Å². The summed E-state index contributed by atoms with van der Waals surface area (Å²) in [5.74, 6) is 0.182. The van der Waals surface area contributed by atoms with E-state index in [1.165, 1.54) is 13.2 Å². The lowest BCUT2D eigenvalue weighted by molar-refractivity contribution is 0.0697. The number of ether oxygens (including phenoxy) is 2. The number of para-hydroxylation sites is 1. The van der Waals surface area contributed by atoms with E-state index in [2.05, 4.69) is 0 Å². The summed E-state index contributed by atoms with van der Waals surface area (Å²) in [5, 5.41) is 9.42. The predicted octanol–water partition coefficient (Wildman–Crippen LogP) is 3.85. The van der Waals surface area contributed by atoms with Crippen molar-refractivity contribution >= 4 is 5.97 Å². The molecule has 0 unspecified atom stereocenters. The van der Waals surface area contributed by atoms with E-state index in [1.807, 2.05) is 38.1 Å². The minimum atomic E-state index is -0.997. The number of carboxylic acid groups (broad SMARTS) is 1. The molecule has 2 aromatic carbocycles. The Balaban J connectivity index is 2.59. The van der Waals surface area contributed by atoms with Gasteiger partial charge in [-0.05, 0) is 38.1 Å². The second-order valence-corrected chi connectivity index (χ2v) is 4.88. The Kier molecular flexibility index (Phi) is 4.48. The molecule has 0 fully saturated rings. The molecule has 0 heterocycles. The topological polar surface area (TPSA) is 55.8 Å². The highest BCUT2D eigenvalue weighted by Gasteiger charge is 2.16. The van der Waals surface area contributed by atoms with E-state index in [1.54, 1.807) is 12.1 Å². The molecule has 0 saturated heterocycles. The fraction of sp³-hybridized carbons (Fsp3) is 0.235. The highest BCUT2D eigenvalue weighted by atomic mass is 16.5. The van der Waals surface area contributed by atoms with Crippen LogP contribution < -0.4 is 9.47 Å². The quantitative estimate of drug-likeness (QED) is 0.907. The summed E-state index contributed by atoms with van der Waals surface area (Å²) in [4.78, 5) is 11.5. The number of aromatic carboxylic acids is 1. The Morgan fingerprint density at radius 3 is 2.43 bits per heavy atom. The van der Waals surface area contributed by atoms with Gasteiger partial charge in [0.2, 0.25) is 0 Å². The van der Waals surface area contributed by atoms with Crippen LogP contribution in [-0.2, 0) is 0 Å². The molecule has 0 aliphatic heterocycles. The van der Waals surface area contributed by atoms with Gasteiger partial charge in [-0.3, -0.25) is 0 Å². The Bertz CT molecular complexity index is 647. The number of rotatable bonds is 5. The molecule has 0 bridgehead atoms. The van der Waals surface area contributed by atoms with Crippen molar-refractivity contribution in [3.63, 3.8) is 0 Å². The molecule has 2 rings (SSSR count). The summed E-state index contributed by atoms with van der Waals surface area (Å²) in [6.07, 6.45) is 0.0117. The zero-order valence-corrected chi connectivity index (χ0v) is 12.3. The van der Waals surface area contributed by atoms with Gasteiger partial charge >= 0.3 is 5.97 Å². The highest BCUT2D eigenvalue weighted by Crippen LogP contribution is 2.34. The first-order chi connectivity index (χ1) is 10.0. The van der Waals surface area contributed by atoms with Crippen LogP contribution in [0, 0.1) is 0 Å². The fourth-order valence-electron chi connectivity index (χ4n) is 2.11. The van der Waals surface area contributed by atoms with Crippen LogP contribution >= 0.6 is 0 Å². The van der Waals surface area contributed by atoms with E-state index in [4.69, 9.17) is 9.47 Å². The van der Waals surface area contributed by atoms with Gasteiger partial charge in [-0.2, -0.15) is 0 Å². The van der Waals surface area contributed by atoms with Crippen molar-refractivity contribution in [1.82, 2.24) is 0 Å². The number of benzene rings is 2. The molecule has 0 aliphatic rings. The van der Waals surface area contributed by atoms with Crippen LogP contribution in [0.3, 0.4) is 0 Å². The highest BCUT2D eigenvalue weighted by molar-refractivity contribution is 5.97. The van der Waals surface area contributed by atoms with Gasteiger partial charge in [0.15, 0.2) is 0 Å². The number of hydrogen-bond acceptors (Lipinski definition) is 3. The molecule has 0 spiro atoms. The van der Waals surface area contributed by atoms with Crippen LogP contribution in [0.4, 0.5) is 0 Å². The summed E-state index contributed by atoms with van der Waals surface area (Å²) in [6, 6.07) is 12.4. The third kappa shape index (κ3) is 3.34. The Labute approximate surface area is 123 Å². The Morgan fingerprint density at radius 2 is 1.81 bits per heavy atom. The molecular formula is C17H18O4. The summed E-state index contributed by atoms with van der Waals surface area (Å²) >= 11 is 0. The van der Waals surface area contributed by atoms with Crippen LogP contribution in [0.25, 0.3) is 11.1 Å². The third-order valence-electron chi connectivity index (χ3n) is 3.00. The first-order valence-electron chi connectivity index (χ1n) is 6.70. The lowest BCUT2D eigenvalue weighted by atomic mass is 9.98. The normalized spacial score (nSPS) is 10.5. The van der Waals surface area contributed by atoms with Crippen LogP contribution in [0.5, 0.6) is 11.5 Å². The van der Waals surface area contributed by atoms with Gasteiger partial charge in [-0.25, -0.2) is 4.79 Å². The Hall–Kier alpha value is -2.49. The molecular weight excluding hydrogens is 268 g/mol. The van der Waals surface area contributed by atoms with Crippen LogP contribution in [0.15, 0.2) is 42.5 Å². The van der Waals surface area contributed by atoms with Crippen molar-refractivity contribution in [2.45, 2.75) is 20.0 Å². The first kappa shape index (κ1) is 14.9. The molecule has 2 aromatic rings. The van der Waals surface area contributed by atoms with Gasteiger partial charge in [-0.15, -0.1) is 0 Å². The smallest absolute Gasteiger partial charge is 0.336 e. The van der Waals surface area contributed by atoms with Crippen molar-refractivity contribution in [3.8, 4) is 22.6 Å². The monoisotopic (exact) mass is 286 g/mol. The predicted molar refractivity (Wildman–Crippen MR) is 81.2 cm³/mol. The van der Waals surface area contributed by atoms with Gasteiger partial charge in [0, 0.05) is 11.1 Å². The molecule has 110 valence electrons. The second-order valence-electron chi connectivity index (χ2n) is 4.88. The first-order valence-corrected chi connectivity index (χ1v) is 6.70. The van der Waals surface area contributed by atoms with Crippen LogP contribution in [-0.4, -0.2) is 24.3 Å². The Morgan fingerprint density at radius 1 is 1.10 bits per heavy atom. The van der Waals surface area contributed by atoms with Crippen molar-refractivity contribution in [3.05, 3.63) is 48.0 Å². The lowest BCUT2D eigenvalue weighted by Gasteiger charge is -2.16. The lowest BCUT2D eigenvalue weighted by Crippen LogP contribution is -2.07. The third-order valence-corrected chi connectivity index (χ3v) is 3.00. The maximum Gasteiger partial charge on any atom is 0.336 e. The fourth-order valence-corrected chi connectivity index (χ4v) is 2.11. The molecule has 0 atom stereocenters. The van der Waals surface area contributed by atoms with Gasteiger partial charge in [-0.1, -0.05) is 18.2 Å². The maximum absolute atomic E-state index is 11.5. The molecule has 1 N–H and O–H groups in total. The molecule has 4 nitrogen and oxygen atoms in total. The summed E-state index contributed by atoms with van der Waals surface area (Å²) in [6.45, 7) is 3.87. The van der Waals surface area contributed by atoms with Crippen LogP contribution in [0.2, 0.25) is 0 Å². The molecule has 0 saturated carbocycles. The van der Waals surface area contributed by atoms with Gasteiger partial charge in [0.25, 0.3) is 0 Å². The number of carboxylic acids is 1. The van der Waals surface area contributed by atoms with E-state index in [0.29, 0.717) is 17.1 Å². The van der Waals surface area contributed by atoms with E-state index < -0.39 is 5.97 Å². The largest absolute Gasteiger partial charge is 0.497 e. The zero-order chi connectivity index (χ0) is 15.4. The number of hydrogen-bond donors (Lipinski definition) is 1. The van der Waals surface area contributed by atoms with Crippen molar-refractivity contribution in [1.29, 1.82) is 0 Å². The summed E-state index contributed by atoms with van der Waals surface area (Å²) in [7, 11) is 1.51. The van der Waals surface area contributed by atoms with Crippen LogP contribution in [0.1, 0.15) is 24.2 Å². The minimum absolute atomic E-state index is 0.0117. The molecule has 0 aromatic heterocycles. The van der Waals surface area contributed by atoms with Crippen molar-refractivity contribution < 1.29 is 19.4 Å². The van der Waals surface area contributed by atoms with Crippen molar-refractivity contribution in [2.24, 2.45) is 0 Å². The van der Waals surface area contributed by atoms with Gasteiger partial charge in [0.1, 0.15) is 11.5 Å². The van der Waals surface area contributed by atoms with E-state index in [9.17, 15) is 9.90 Å².